The second-order valence-electron chi connectivity index (χ2n) is 5.49. The number of carbonyl (C=O) groups is 1. The van der Waals surface area contributed by atoms with Crippen LogP contribution in [-0.2, 0) is 4.79 Å². The molecule has 2 atom stereocenters. The lowest BCUT2D eigenvalue weighted by atomic mass is 9.88. The molecule has 1 fully saturated rings. The molecule has 1 saturated heterocycles. The van der Waals surface area contributed by atoms with E-state index in [9.17, 15) is 4.79 Å². The zero-order chi connectivity index (χ0) is 17.3. The van der Waals surface area contributed by atoms with Crippen LogP contribution in [0.4, 0.5) is 5.69 Å². The Balaban J connectivity index is 1.98. The summed E-state index contributed by atoms with van der Waals surface area (Å²) in [5.41, 5.74) is 7.71. The molecule has 1 aliphatic heterocycles. The van der Waals surface area contributed by atoms with Crippen molar-refractivity contribution in [2.45, 2.75) is 12.1 Å². The van der Waals surface area contributed by atoms with Crippen molar-refractivity contribution < 1.29 is 19.0 Å². The second kappa shape index (κ2) is 6.41. The summed E-state index contributed by atoms with van der Waals surface area (Å²) in [4.78, 5) is 14.0. The fraction of sp³-hybridized carbons (Fsp3) is 0.278. The van der Waals surface area contributed by atoms with Crippen molar-refractivity contribution in [1.82, 2.24) is 0 Å². The lowest BCUT2D eigenvalue weighted by Crippen LogP contribution is -2.63. The van der Waals surface area contributed by atoms with Gasteiger partial charge in [-0.25, -0.2) is 0 Å². The van der Waals surface area contributed by atoms with Gasteiger partial charge in [0.2, 0.25) is 5.91 Å². The van der Waals surface area contributed by atoms with E-state index in [1.165, 1.54) is 0 Å². The topological polar surface area (TPSA) is 74.0 Å². The zero-order valence-corrected chi connectivity index (χ0v) is 13.9. The Bertz CT molecular complexity index is 762. The highest BCUT2D eigenvalue weighted by molar-refractivity contribution is 6.05. The number of anilines is 1. The van der Waals surface area contributed by atoms with Gasteiger partial charge in [-0.15, -0.1) is 0 Å². The number of hydrogen-bond donors (Lipinski definition) is 1. The molecule has 2 N–H and O–H groups in total. The Hall–Kier alpha value is -2.73. The molecule has 0 saturated carbocycles. The van der Waals surface area contributed by atoms with Crippen molar-refractivity contribution in [2.75, 3.05) is 26.2 Å². The molecule has 0 radical (unpaired) electrons. The molecule has 1 heterocycles. The molecule has 0 aliphatic carbocycles. The second-order valence-corrected chi connectivity index (χ2v) is 5.49. The van der Waals surface area contributed by atoms with Gasteiger partial charge in [0.05, 0.1) is 27.4 Å². The van der Waals surface area contributed by atoms with E-state index in [1.54, 1.807) is 26.2 Å². The van der Waals surface area contributed by atoms with Gasteiger partial charge in [-0.1, -0.05) is 12.1 Å². The summed E-state index contributed by atoms with van der Waals surface area (Å²) in [6.45, 7) is 0. The van der Waals surface area contributed by atoms with Gasteiger partial charge in [0.1, 0.15) is 11.8 Å². The van der Waals surface area contributed by atoms with Crippen LogP contribution >= 0.6 is 0 Å². The van der Waals surface area contributed by atoms with E-state index >= 15 is 0 Å². The van der Waals surface area contributed by atoms with E-state index in [-0.39, 0.29) is 11.9 Å². The maximum absolute atomic E-state index is 12.3. The van der Waals surface area contributed by atoms with E-state index in [4.69, 9.17) is 19.9 Å². The fourth-order valence-electron chi connectivity index (χ4n) is 2.95. The summed E-state index contributed by atoms with van der Waals surface area (Å²) in [6, 6.07) is 12.1. The third-order valence-corrected chi connectivity index (χ3v) is 4.22. The SMILES string of the molecule is COc1cccc(N2C(=O)[C@H](N)[C@H]2c2ccc(OC)c(OC)c2)c1. The number of benzene rings is 2. The van der Waals surface area contributed by atoms with Crippen LogP contribution in [0.2, 0.25) is 0 Å². The first-order valence-electron chi connectivity index (χ1n) is 7.55. The highest BCUT2D eigenvalue weighted by Crippen LogP contribution is 2.41. The third-order valence-electron chi connectivity index (χ3n) is 4.22. The standard InChI is InChI=1S/C18H20N2O4/c1-22-13-6-4-5-12(10-13)20-17(16(19)18(20)21)11-7-8-14(23-2)15(9-11)24-3/h4-10,16-17H,19H2,1-3H3/t16-,17-/m1/s1. The average molecular weight is 328 g/mol. The minimum absolute atomic E-state index is 0.122. The number of hydrogen-bond acceptors (Lipinski definition) is 5. The molecule has 0 spiro atoms. The Morgan fingerprint density at radius 3 is 2.38 bits per heavy atom. The molecule has 0 unspecified atom stereocenters. The van der Waals surface area contributed by atoms with Crippen LogP contribution < -0.4 is 24.8 Å². The number of rotatable bonds is 5. The van der Waals surface area contributed by atoms with Gasteiger partial charge in [-0.05, 0) is 29.8 Å². The Morgan fingerprint density at radius 2 is 1.71 bits per heavy atom. The quantitative estimate of drug-likeness (QED) is 0.851. The molecular weight excluding hydrogens is 308 g/mol. The molecule has 0 aromatic heterocycles. The number of amides is 1. The smallest absolute Gasteiger partial charge is 0.247 e. The van der Waals surface area contributed by atoms with Crippen LogP contribution in [0.25, 0.3) is 0 Å². The van der Waals surface area contributed by atoms with Crippen LogP contribution in [0.15, 0.2) is 42.5 Å². The minimum Gasteiger partial charge on any atom is -0.497 e. The van der Waals surface area contributed by atoms with Gasteiger partial charge in [0, 0.05) is 11.8 Å². The summed E-state index contributed by atoms with van der Waals surface area (Å²) in [5.74, 6) is 1.80. The minimum atomic E-state index is -0.589. The molecule has 126 valence electrons. The summed E-state index contributed by atoms with van der Waals surface area (Å²) in [7, 11) is 4.75. The normalized spacial score (nSPS) is 19.7. The van der Waals surface area contributed by atoms with Gasteiger partial charge in [-0.2, -0.15) is 0 Å². The Labute approximate surface area is 140 Å². The van der Waals surface area contributed by atoms with Gasteiger partial charge >= 0.3 is 0 Å². The molecule has 0 bridgehead atoms. The summed E-state index contributed by atoms with van der Waals surface area (Å²) >= 11 is 0. The zero-order valence-electron chi connectivity index (χ0n) is 13.9. The lowest BCUT2D eigenvalue weighted by molar-refractivity contribution is -0.126. The summed E-state index contributed by atoms with van der Waals surface area (Å²) in [6.07, 6.45) is 0. The summed E-state index contributed by atoms with van der Waals surface area (Å²) in [5, 5.41) is 0. The fourth-order valence-corrected chi connectivity index (χ4v) is 2.95. The van der Waals surface area contributed by atoms with Gasteiger partial charge in [-0.3, -0.25) is 4.79 Å². The molecule has 1 aliphatic rings. The maximum Gasteiger partial charge on any atom is 0.247 e. The van der Waals surface area contributed by atoms with E-state index in [0.717, 1.165) is 11.3 Å². The van der Waals surface area contributed by atoms with Crippen LogP contribution in [0, 0.1) is 0 Å². The van der Waals surface area contributed by atoms with E-state index in [0.29, 0.717) is 17.2 Å². The number of nitrogens with two attached hydrogens (primary N) is 1. The first-order valence-corrected chi connectivity index (χ1v) is 7.55. The number of β-lactam (4-membered cyclic amide) rings is 1. The van der Waals surface area contributed by atoms with Crippen molar-refractivity contribution >= 4 is 11.6 Å². The van der Waals surface area contributed by atoms with Crippen molar-refractivity contribution in [3.8, 4) is 17.2 Å². The molecule has 24 heavy (non-hydrogen) atoms. The van der Waals surface area contributed by atoms with Crippen molar-refractivity contribution in [2.24, 2.45) is 5.73 Å². The van der Waals surface area contributed by atoms with E-state index in [2.05, 4.69) is 0 Å². The van der Waals surface area contributed by atoms with Crippen LogP contribution in [-0.4, -0.2) is 33.3 Å². The first kappa shape index (κ1) is 16.1. The predicted octanol–water partition coefficient (Wildman–Crippen LogP) is 2.13. The van der Waals surface area contributed by atoms with Crippen LogP contribution in [0.3, 0.4) is 0 Å². The van der Waals surface area contributed by atoms with Crippen molar-refractivity contribution in [3.05, 3.63) is 48.0 Å². The largest absolute Gasteiger partial charge is 0.497 e. The molecule has 3 rings (SSSR count). The highest BCUT2D eigenvalue weighted by Gasteiger charge is 2.47. The average Bonchev–Trinajstić information content (AvgIpc) is 2.64. The van der Waals surface area contributed by atoms with E-state index < -0.39 is 6.04 Å². The van der Waals surface area contributed by atoms with E-state index in [1.807, 2.05) is 42.5 Å². The molecule has 2 aromatic rings. The first-order chi connectivity index (χ1) is 11.6. The maximum atomic E-state index is 12.3. The molecular formula is C18H20N2O4. The Morgan fingerprint density at radius 1 is 0.958 bits per heavy atom. The summed E-state index contributed by atoms with van der Waals surface area (Å²) < 4.78 is 15.8. The van der Waals surface area contributed by atoms with Gasteiger partial charge < -0.3 is 24.8 Å². The number of nitrogens with zero attached hydrogens (tertiary/aromatic N) is 1. The van der Waals surface area contributed by atoms with Crippen molar-refractivity contribution in [1.29, 1.82) is 0 Å². The van der Waals surface area contributed by atoms with Crippen molar-refractivity contribution in [3.63, 3.8) is 0 Å². The Kier molecular flexibility index (Phi) is 4.31. The molecule has 1 amide bonds. The van der Waals surface area contributed by atoms with Gasteiger partial charge in [0.25, 0.3) is 0 Å². The van der Waals surface area contributed by atoms with Crippen LogP contribution in [0.5, 0.6) is 17.2 Å². The highest BCUT2D eigenvalue weighted by atomic mass is 16.5. The third kappa shape index (κ3) is 2.55. The predicted molar refractivity (Wildman–Crippen MR) is 90.7 cm³/mol. The number of carbonyl (C=O) groups excluding carboxylic acids is 1. The molecule has 2 aromatic carbocycles. The number of methoxy groups -OCH3 is 3. The monoisotopic (exact) mass is 328 g/mol. The number of ether oxygens (including phenoxy) is 3. The van der Waals surface area contributed by atoms with Gasteiger partial charge in [0.15, 0.2) is 11.5 Å². The van der Waals surface area contributed by atoms with Crippen LogP contribution in [0.1, 0.15) is 11.6 Å². The molecule has 6 heteroatoms. The molecule has 6 nitrogen and oxygen atoms in total. The lowest BCUT2D eigenvalue weighted by Gasteiger charge is -2.45.